The molecule has 1 atom stereocenters. The van der Waals surface area contributed by atoms with E-state index in [1.165, 1.54) is 76.0 Å². The SMILES string of the molecule is CCCCCCCCCCCCSC(=S)SC(C)C(=O)OCCO. The monoisotopic (exact) mass is 394 g/mol. The second-order valence-electron chi connectivity index (χ2n) is 5.93. The van der Waals surface area contributed by atoms with Crippen molar-refractivity contribution in [2.24, 2.45) is 0 Å². The summed E-state index contributed by atoms with van der Waals surface area (Å²) in [6, 6.07) is 0. The number of rotatable bonds is 15. The van der Waals surface area contributed by atoms with E-state index in [0.29, 0.717) is 0 Å². The summed E-state index contributed by atoms with van der Waals surface area (Å²) >= 11 is 8.34. The molecule has 0 amide bonds. The molecule has 1 N–H and O–H groups in total. The van der Waals surface area contributed by atoms with E-state index >= 15 is 0 Å². The Hall–Kier alpha value is 0.220. The van der Waals surface area contributed by atoms with Gasteiger partial charge in [-0.1, -0.05) is 88.7 Å². The molecular weight excluding hydrogens is 360 g/mol. The number of esters is 1. The number of aliphatic hydroxyl groups excluding tert-OH is 1. The van der Waals surface area contributed by atoms with Crippen LogP contribution < -0.4 is 0 Å². The summed E-state index contributed by atoms with van der Waals surface area (Å²) in [5, 5.41) is 8.33. The molecule has 0 saturated carbocycles. The van der Waals surface area contributed by atoms with Crippen molar-refractivity contribution in [1.82, 2.24) is 0 Å². The number of carbonyl (C=O) groups is 1. The van der Waals surface area contributed by atoms with Gasteiger partial charge in [0.25, 0.3) is 0 Å². The normalized spacial score (nSPS) is 12.1. The highest BCUT2D eigenvalue weighted by molar-refractivity contribution is 8.47. The van der Waals surface area contributed by atoms with Crippen LogP contribution in [0.2, 0.25) is 0 Å². The maximum absolute atomic E-state index is 11.6. The number of aliphatic hydroxyl groups is 1. The predicted molar refractivity (Wildman–Crippen MR) is 112 cm³/mol. The first-order valence-electron chi connectivity index (χ1n) is 9.22. The number of thioether (sulfide) groups is 2. The van der Waals surface area contributed by atoms with Crippen LogP contribution in [0.4, 0.5) is 0 Å². The lowest BCUT2D eigenvalue weighted by Gasteiger charge is -2.10. The fourth-order valence-corrected chi connectivity index (χ4v) is 4.84. The van der Waals surface area contributed by atoms with Crippen molar-refractivity contribution >= 4 is 45.2 Å². The highest BCUT2D eigenvalue weighted by Crippen LogP contribution is 2.24. The Morgan fingerprint density at radius 3 is 2.12 bits per heavy atom. The van der Waals surface area contributed by atoms with Gasteiger partial charge in [-0.3, -0.25) is 4.79 Å². The first-order chi connectivity index (χ1) is 11.6. The van der Waals surface area contributed by atoms with Gasteiger partial charge in [0.15, 0.2) is 0 Å². The van der Waals surface area contributed by atoms with E-state index in [0.717, 1.165) is 9.28 Å². The molecule has 0 radical (unpaired) electrons. The topological polar surface area (TPSA) is 46.5 Å². The summed E-state index contributed by atoms with van der Waals surface area (Å²) in [5.41, 5.74) is 0. The fraction of sp³-hybridized carbons (Fsp3) is 0.889. The van der Waals surface area contributed by atoms with Crippen molar-refractivity contribution in [2.45, 2.75) is 83.3 Å². The molecule has 0 rings (SSSR count). The molecule has 0 fully saturated rings. The third-order valence-electron chi connectivity index (χ3n) is 3.66. The van der Waals surface area contributed by atoms with E-state index in [-0.39, 0.29) is 24.4 Å². The van der Waals surface area contributed by atoms with Crippen molar-refractivity contribution in [3.05, 3.63) is 0 Å². The second-order valence-corrected chi connectivity index (χ2v) is 9.57. The Morgan fingerprint density at radius 2 is 1.58 bits per heavy atom. The van der Waals surface area contributed by atoms with Crippen LogP contribution in [0.3, 0.4) is 0 Å². The molecule has 3 nitrogen and oxygen atoms in total. The van der Waals surface area contributed by atoms with Gasteiger partial charge in [-0.25, -0.2) is 0 Å². The van der Waals surface area contributed by atoms with Crippen molar-refractivity contribution in [1.29, 1.82) is 0 Å². The molecule has 0 aliphatic rings. The molecule has 0 heterocycles. The van der Waals surface area contributed by atoms with Crippen molar-refractivity contribution < 1.29 is 14.6 Å². The average molecular weight is 395 g/mol. The lowest BCUT2D eigenvalue weighted by molar-refractivity contribution is -0.143. The van der Waals surface area contributed by atoms with Crippen LogP contribution in [0.1, 0.15) is 78.1 Å². The molecular formula is C18H34O3S3. The number of unbranched alkanes of at least 4 members (excludes halogenated alkanes) is 9. The van der Waals surface area contributed by atoms with Crippen LogP contribution in [-0.2, 0) is 9.53 Å². The van der Waals surface area contributed by atoms with Gasteiger partial charge < -0.3 is 9.84 Å². The molecule has 6 heteroatoms. The summed E-state index contributed by atoms with van der Waals surface area (Å²) in [5.74, 6) is 0.719. The van der Waals surface area contributed by atoms with E-state index in [1.807, 2.05) is 0 Å². The largest absolute Gasteiger partial charge is 0.462 e. The molecule has 142 valence electrons. The Kier molecular flexibility index (Phi) is 18.2. The summed E-state index contributed by atoms with van der Waals surface area (Å²) in [7, 11) is 0. The van der Waals surface area contributed by atoms with E-state index in [2.05, 4.69) is 6.92 Å². The van der Waals surface area contributed by atoms with Crippen LogP contribution in [-0.4, -0.2) is 38.8 Å². The van der Waals surface area contributed by atoms with E-state index in [9.17, 15) is 4.79 Å². The van der Waals surface area contributed by atoms with Gasteiger partial charge in [-0.15, -0.1) is 11.8 Å². The molecule has 0 bridgehead atoms. The predicted octanol–water partition coefficient (Wildman–Crippen LogP) is 5.58. The number of hydrogen-bond donors (Lipinski definition) is 1. The van der Waals surface area contributed by atoms with Gasteiger partial charge >= 0.3 is 5.97 Å². The minimum Gasteiger partial charge on any atom is -0.462 e. The molecule has 0 aliphatic carbocycles. The Bertz CT molecular complexity index is 325. The van der Waals surface area contributed by atoms with Crippen LogP contribution in [0.25, 0.3) is 0 Å². The lowest BCUT2D eigenvalue weighted by atomic mass is 10.1. The second kappa shape index (κ2) is 18.0. The molecule has 0 aromatic rings. The standard InChI is InChI=1S/C18H34O3S3/c1-3-4-5-6-7-8-9-10-11-12-15-23-18(22)24-16(2)17(20)21-14-13-19/h16,19H,3-15H2,1-2H3. The van der Waals surface area contributed by atoms with Gasteiger partial charge in [-0.05, 0) is 19.1 Å². The smallest absolute Gasteiger partial charge is 0.319 e. The summed E-state index contributed by atoms with van der Waals surface area (Å²) in [4.78, 5) is 11.6. The minimum atomic E-state index is -0.309. The first kappa shape index (κ1) is 24.2. The summed E-state index contributed by atoms with van der Waals surface area (Å²) < 4.78 is 5.69. The highest BCUT2D eigenvalue weighted by Gasteiger charge is 2.17. The van der Waals surface area contributed by atoms with Crippen LogP contribution in [0, 0.1) is 0 Å². The van der Waals surface area contributed by atoms with Gasteiger partial charge in [0.2, 0.25) is 0 Å². The average Bonchev–Trinajstić information content (AvgIpc) is 2.57. The maximum Gasteiger partial charge on any atom is 0.319 e. The third-order valence-corrected chi connectivity index (χ3v) is 6.41. The van der Waals surface area contributed by atoms with Gasteiger partial charge in [0.05, 0.1) is 6.61 Å². The minimum absolute atomic E-state index is 0.0578. The Balaban J connectivity index is 3.41. The first-order valence-corrected chi connectivity index (χ1v) is 11.5. The zero-order chi connectivity index (χ0) is 18.0. The van der Waals surface area contributed by atoms with Gasteiger partial charge in [0.1, 0.15) is 15.4 Å². The molecule has 0 aromatic heterocycles. The van der Waals surface area contributed by atoms with Crippen molar-refractivity contribution in [3.63, 3.8) is 0 Å². The maximum atomic E-state index is 11.6. The zero-order valence-electron chi connectivity index (χ0n) is 15.3. The molecule has 0 aliphatic heterocycles. The summed E-state index contributed by atoms with van der Waals surface area (Å²) in [6.45, 7) is 3.97. The number of ether oxygens (including phenoxy) is 1. The molecule has 24 heavy (non-hydrogen) atoms. The summed E-state index contributed by atoms with van der Waals surface area (Å²) in [6.07, 6.45) is 13.4. The van der Waals surface area contributed by atoms with Gasteiger partial charge in [0, 0.05) is 0 Å². The third kappa shape index (κ3) is 15.7. The van der Waals surface area contributed by atoms with Crippen molar-refractivity contribution in [2.75, 3.05) is 19.0 Å². The van der Waals surface area contributed by atoms with Crippen molar-refractivity contribution in [3.8, 4) is 0 Å². The van der Waals surface area contributed by atoms with Crippen LogP contribution in [0.15, 0.2) is 0 Å². The number of thiocarbonyl (C=S) groups is 1. The van der Waals surface area contributed by atoms with E-state index in [1.54, 1.807) is 18.7 Å². The fourth-order valence-electron chi connectivity index (χ4n) is 2.24. The zero-order valence-corrected chi connectivity index (χ0v) is 17.7. The van der Waals surface area contributed by atoms with Crippen LogP contribution >= 0.6 is 35.7 Å². The molecule has 0 saturated heterocycles. The van der Waals surface area contributed by atoms with Gasteiger partial charge in [-0.2, -0.15) is 0 Å². The van der Waals surface area contributed by atoms with E-state index < -0.39 is 0 Å². The number of carbonyl (C=O) groups excluding carboxylic acids is 1. The van der Waals surface area contributed by atoms with E-state index in [4.69, 9.17) is 22.1 Å². The molecule has 0 aromatic carbocycles. The molecule has 1 unspecified atom stereocenters. The lowest BCUT2D eigenvalue weighted by Crippen LogP contribution is -2.19. The quantitative estimate of drug-likeness (QED) is 0.222. The highest BCUT2D eigenvalue weighted by atomic mass is 32.2. The molecule has 0 spiro atoms. The Morgan fingerprint density at radius 1 is 1.04 bits per heavy atom. The number of hydrogen-bond acceptors (Lipinski definition) is 6. The Labute approximate surface area is 162 Å². The van der Waals surface area contributed by atoms with Crippen LogP contribution in [0.5, 0.6) is 0 Å².